The number of rotatable bonds is 4. The van der Waals surface area contributed by atoms with Crippen molar-refractivity contribution in [3.63, 3.8) is 0 Å². The molecule has 0 spiro atoms. The van der Waals surface area contributed by atoms with Gasteiger partial charge in [-0.05, 0) is 85.8 Å². The molecule has 2 saturated carbocycles. The smallest absolute Gasteiger partial charge is 0.303 e. The number of nitrogens with zero attached hydrogens (tertiary/aromatic N) is 1. The van der Waals surface area contributed by atoms with Gasteiger partial charge in [-0.2, -0.15) is 0 Å². The minimum Gasteiger partial charge on any atom is -0.489 e. The van der Waals surface area contributed by atoms with E-state index < -0.39 is 5.60 Å². The molecule has 3 aliphatic carbocycles. The molecule has 2 aromatic rings. The standard InChI is InChI=1S/C31H36N2O4/c1-18(34)37-31(3)15-25-28-21(14-24-26(35)11-19(16-32-4)12-27(24)36-28)7-9-30(25,2)29(31)22-6-5-20-8-10-33-17-23(20)13-22/h5-6,8,10,13-14,17,19,25,28-29,32H,7,9,11-12,15-16H2,1-4H3/t19?,25-,28+,29+,30-,31?/m0/s1. The lowest BCUT2D eigenvalue weighted by Gasteiger charge is -2.48. The Hall–Kier alpha value is -2.99. The van der Waals surface area contributed by atoms with Crippen LogP contribution in [0.5, 0.6) is 0 Å². The number of carbonyl (C=O) groups is 2. The Kier molecular flexibility index (Phi) is 5.79. The summed E-state index contributed by atoms with van der Waals surface area (Å²) in [6, 6.07) is 8.58. The van der Waals surface area contributed by atoms with Crippen LogP contribution >= 0.6 is 0 Å². The van der Waals surface area contributed by atoms with Gasteiger partial charge in [0.25, 0.3) is 0 Å². The predicted molar refractivity (Wildman–Crippen MR) is 142 cm³/mol. The van der Waals surface area contributed by atoms with Crippen molar-refractivity contribution in [3.8, 4) is 0 Å². The average Bonchev–Trinajstić information content (AvgIpc) is 3.09. The van der Waals surface area contributed by atoms with Crippen molar-refractivity contribution in [2.45, 2.75) is 70.5 Å². The lowest BCUT2D eigenvalue weighted by molar-refractivity contribution is -0.157. The van der Waals surface area contributed by atoms with Crippen molar-refractivity contribution in [3.05, 3.63) is 65.2 Å². The molecule has 6 heteroatoms. The summed E-state index contributed by atoms with van der Waals surface area (Å²) in [5, 5.41) is 5.46. The molecule has 2 fully saturated rings. The number of Topliss-reactive ketones (excluding diaryl/α,β-unsaturated/α-hetero) is 1. The number of benzene rings is 1. The lowest BCUT2D eigenvalue weighted by atomic mass is 9.60. The largest absolute Gasteiger partial charge is 0.489 e. The maximum Gasteiger partial charge on any atom is 0.303 e. The average molecular weight is 501 g/mol. The molecule has 6 nitrogen and oxygen atoms in total. The van der Waals surface area contributed by atoms with E-state index in [9.17, 15) is 9.59 Å². The van der Waals surface area contributed by atoms with Crippen LogP contribution in [0.25, 0.3) is 10.8 Å². The second-order valence-electron chi connectivity index (χ2n) is 12.0. The van der Waals surface area contributed by atoms with Crippen LogP contribution in [-0.4, -0.2) is 42.0 Å². The quantitative estimate of drug-likeness (QED) is 0.579. The van der Waals surface area contributed by atoms with Gasteiger partial charge in [-0.3, -0.25) is 14.6 Å². The number of allylic oxidation sites excluding steroid dienone is 3. The van der Waals surface area contributed by atoms with Gasteiger partial charge in [-0.25, -0.2) is 0 Å². The number of aromatic nitrogens is 1. The van der Waals surface area contributed by atoms with Crippen LogP contribution in [0, 0.1) is 17.3 Å². The first-order chi connectivity index (χ1) is 17.7. The predicted octanol–water partition coefficient (Wildman–Crippen LogP) is 5.24. The van der Waals surface area contributed by atoms with E-state index in [1.54, 1.807) is 0 Å². The van der Waals surface area contributed by atoms with Gasteiger partial charge in [-0.1, -0.05) is 19.1 Å². The molecule has 194 valence electrons. The molecular formula is C31H36N2O4. The summed E-state index contributed by atoms with van der Waals surface area (Å²) in [6.45, 7) is 6.76. The second kappa shape index (κ2) is 8.80. The molecule has 0 radical (unpaired) electrons. The van der Waals surface area contributed by atoms with Gasteiger partial charge >= 0.3 is 5.97 Å². The third-order valence-corrected chi connectivity index (χ3v) is 9.44. The van der Waals surface area contributed by atoms with Crippen molar-refractivity contribution in [2.24, 2.45) is 17.3 Å². The molecule has 1 aliphatic heterocycles. The van der Waals surface area contributed by atoms with Crippen LogP contribution in [0.2, 0.25) is 0 Å². The fraction of sp³-hybridized carbons (Fsp3) is 0.516. The minimum absolute atomic E-state index is 0.0176. The number of hydrogen-bond acceptors (Lipinski definition) is 6. The summed E-state index contributed by atoms with van der Waals surface area (Å²) in [5.74, 6) is 1.23. The fourth-order valence-corrected chi connectivity index (χ4v) is 8.07. The Labute approximate surface area is 218 Å². The first kappa shape index (κ1) is 24.4. The molecule has 1 N–H and O–H groups in total. The van der Waals surface area contributed by atoms with Crippen molar-refractivity contribution in [1.82, 2.24) is 10.3 Å². The number of ketones is 1. The zero-order valence-electron chi connectivity index (χ0n) is 22.2. The van der Waals surface area contributed by atoms with Crippen LogP contribution in [0.4, 0.5) is 0 Å². The highest BCUT2D eigenvalue weighted by Gasteiger charge is 2.64. The van der Waals surface area contributed by atoms with Crippen LogP contribution in [0.1, 0.15) is 64.4 Å². The molecule has 6 atom stereocenters. The van der Waals surface area contributed by atoms with Crippen LogP contribution < -0.4 is 5.32 Å². The number of carbonyl (C=O) groups excluding carboxylic acids is 2. The summed E-state index contributed by atoms with van der Waals surface area (Å²) in [5.41, 5.74) is 2.38. The molecule has 4 aliphatic rings. The topological polar surface area (TPSA) is 77.5 Å². The number of hydrogen-bond donors (Lipinski definition) is 1. The molecule has 1 aromatic carbocycles. The van der Waals surface area contributed by atoms with Crippen LogP contribution in [0.15, 0.2) is 59.6 Å². The Bertz CT molecular complexity index is 1350. The van der Waals surface area contributed by atoms with Gasteiger partial charge in [0.1, 0.15) is 17.5 Å². The minimum atomic E-state index is -0.661. The van der Waals surface area contributed by atoms with Gasteiger partial charge in [0.05, 0.1) is 5.57 Å². The van der Waals surface area contributed by atoms with Crippen molar-refractivity contribution >= 4 is 22.5 Å². The van der Waals surface area contributed by atoms with Gasteiger partial charge in [-0.15, -0.1) is 0 Å². The van der Waals surface area contributed by atoms with E-state index in [0.717, 1.165) is 54.3 Å². The Morgan fingerprint density at radius 2 is 2.05 bits per heavy atom. The normalized spacial score (nSPS) is 34.8. The number of esters is 1. The molecular weight excluding hydrogens is 464 g/mol. The Morgan fingerprint density at radius 1 is 1.22 bits per heavy atom. The lowest BCUT2D eigenvalue weighted by Crippen LogP contribution is -2.44. The van der Waals surface area contributed by atoms with Crippen LogP contribution in [0.3, 0.4) is 0 Å². The number of fused-ring (bicyclic) bond motifs is 4. The summed E-state index contributed by atoms with van der Waals surface area (Å²) >= 11 is 0. The van der Waals surface area contributed by atoms with Crippen molar-refractivity contribution < 1.29 is 19.1 Å². The highest BCUT2D eigenvalue weighted by Crippen LogP contribution is 2.66. The summed E-state index contributed by atoms with van der Waals surface area (Å²) in [7, 11) is 1.93. The van der Waals surface area contributed by atoms with E-state index in [1.165, 1.54) is 18.1 Å². The van der Waals surface area contributed by atoms with E-state index in [0.29, 0.717) is 6.42 Å². The van der Waals surface area contributed by atoms with E-state index in [2.05, 4.69) is 48.4 Å². The summed E-state index contributed by atoms with van der Waals surface area (Å²) in [6.07, 6.45) is 9.66. The molecule has 1 aromatic heterocycles. The fourth-order valence-electron chi connectivity index (χ4n) is 8.07. The highest BCUT2D eigenvalue weighted by atomic mass is 16.6. The third-order valence-electron chi connectivity index (χ3n) is 9.44. The summed E-state index contributed by atoms with van der Waals surface area (Å²) < 4.78 is 13.0. The van der Waals surface area contributed by atoms with Gasteiger partial charge in [0.15, 0.2) is 5.78 Å². The number of pyridine rings is 1. The SMILES string of the molecule is CNCC1CC(=O)C2=C(C1)O[C@@H]1C(=C2)CC[C@@]2(C)[C@H]1CC(C)(OC(C)=O)[C@@H]2c1ccc2ccncc2c1. The second-order valence-corrected chi connectivity index (χ2v) is 12.0. The molecule has 2 heterocycles. The summed E-state index contributed by atoms with van der Waals surface area (Å²) in [4.78, 5) is 29.7. The molecule has 0 bridgehead atoms. The third kappa shape index (κ3) is 3.92. The zero-order chi connectivity index (χ0) is 25.9. The monoisotopic (exact) mass is 500 g/mol. The first-order valence-corrected chi connectivity index (χ1v) is 13.5. The number of ether oxygens (including phenoxy) is 2. The first-order valence-electron chi connectivity index (χ1n) is 13.5. The number of nitrogens with one attached hydrogen (secondary N) is 1. The van der Waals surface area contributed by atoms with Crippen molar-refractivity contribution in [1.29, 1.82) is 0 Å². The van der Waals surface area contributed by atoms with Gasteiger partial charge < -0.3 is 14.8 Å². The molecule has 6 rings (SSSR count). The molecule has 2 unspecified atom stereocenters. The highest BCUT2D eigenvalue weighted by molar-refractivity contribution is 6.00. The van der Waals surface area contributed by atoms with E-state index in [4.69, 9.17) is 9.47 Å². The van der Waals surface area contributed by atoms with Crippen molar-refractivity contribution in [2.75, 3.05) is 13.6 Å². The maximum atomic E-state index is 13.0. The molecule has 37 heavy (non-hydrogen) atoms. The maximum absolute atomic E-state index is 13.0. The van der Waals surface area contributed by atoms with Crippen LogP contribution in [-0.2, 0) is 19.1 Å². The van der Waals surface area contributed by atoms with E-state index in [-0.39, 0.29) is 41.0 Å². The van der Waals surface area contributed by atoms with E-state index >= 15 is 0 Å². The van der Waals surface area contributed by atoms with Gasteiger partial charge in [0, 0.05) is 49.4 Å². The van der Waals surface area contributed by atoms with Gasteiger partial charge in [0.2, 0.25) is 0 Å². The molecule has 0 saturated heterocycles. The zero-order valence-corrected chi connectivity index (χ0v) is 22.2. The van der Waals surface area contributed by atoms with E-state index in [1.807, 2.05) is 25.5 Å². The Morgan fingerprint density at radius 3 is 2.84 bits per heavy atom. The molecule has 0 amide bonds. The Balaban J connectivity index is 1.40.